The average molecular weight is 523 g/mol. The SMILES string of the molecule is COC(=O)[C@@H]1C[C@H](Oc2cccc(C3CCC(c4ccccc4)(N(C)C)CC3)c2)CN1C(=O)OC(C)(C)C. The van der Waals surface area contributed by atoms with Gasteiger partial charge in [0.1, 0.15) is 23.5 Å². The van der Waals surface area contributed by atoms with Gasteiger partial charge in [0.05, 0.1) is 13.7 Å². The molecular formula is C31H42N2O5. The zero-order chi connectivity index (χ0) is 27.5. The van der Waals surface area contributed by atoms with Gasteiger partial charge in [-0.05, 0) is 89.7 Å². The lowest BCUT2D eigenvalue weighted by molar-refractivity contribution is -0.145. The monoisotopic (exact) mass is 522 g/mol. The summed E-state index contributed by atoms with van der Waals surface area (Å²) in [6, 6.07) is 18.4. The van der Waals surface area contributed by atoms with Crippen molar-refractivity contribution in [3.63, 3.8) is 0 Å². The number of ether oxygens (including phenoxy) is 3. The molecule has 2 atom stereocenters. The summed E-state index contributed by atoms with van der Waals surface area (Å²) in [5, 5.41) is 0. The number of rotatable bonds is 6. The van der Waals surface area contributed by atoms with Gasteiger partial charge < -0.3 is 14.2 Å². The number of likely N-dealkylation sites (tertiary alicyclic amines) is 1. The van der Waals surface area contributed by atoms with Gasteiger partial charge in [-0.25, -0.2) is 9.59 Å². The number of hydrogen-bond acceptors (Lipinski definition) is 6. The molecule has 1 aliphatic heterocycles. The van der Waals surface area contributed by atoms with Crippen molar-refractivity contribution in [1.82, 2.24) is 9.80 Å². The molecule has 1 amide bonds. The predicted octanol–water partition coefficient (Wildman–Crippen LogP) is 5.73. The van der Waals surface area contributed by atoms with E-state index in [4.69, 9.17) is 14.2 Å². The van der Waals surface area contributed by atoms with Crippen LogP contribution in [0.2, 0.25) is 0 Å². The van der Waals surface area contributed by atoms with Crippen LogP contribution >= 0.6 is 0 Å². The van der Waals surface area contributed by atoms with Crippen molar-refractivity contribution in [2.24, 2.45) is 0 Å². The summed E-state index contributed by atoms with van der Waals surface area (Å²) < 4.78 is 16.8. The summed E-state index contributed by atoms with van der Waals surface area (Å²) in [7, 11) is 5.71. The zero-order valence-corrected chi connectivity index (χ0v) is 23.6. The largest absolute Gasteiger partial charge is 0.488 e. The van der Waals surface area contributed by atoms with Crippen molar-refractivity contribution in [1.29, 1.82) is 0 Å². The molecule has 7 nitrogen and oxygen atoms in total. The maximum atomic E-state index is 12.8. The summed E-state index contributed by atoms with van der Waals surface area (Å²) in [6.07, 6.45) is 3.88. The normalized spacial score (nSPS) is 25.8. The first kappa shape index (κ1) is 28.0. The van der Waals surface area contributed by atoms with E-state index in [-0.39, 0.29) is 18.2 Å². The Morgan fingerprint density at radius 1 is 1.00 bits per heavy atom. The highest BCUT2D eigenvalue weighted by atomic mass is 16.6. The van der Waals surface area contributed by atoms with Crippen LogP contribution in [-0.2, 0) is 19.8 Å². The highest BCUT2D eigenvalue weighted by Crippen LogP contribution is 2.46. The first-order valence-electron chi connectivity index (χ1n) is 13.6. The maximum Gasteiger partial charge on any atom is 0.411 e. The Morgan fingerprint density at radius 2 is 1.68 bits per heavy atom. The molecule has 38 heavy (non-hydrogen) atoms. The van der Waals surface area contributed by atoms with Crippen molar-refractivity contribution >= 4 is 12.1 Å². The molecular weight excluding hydrogens is 480 g/mol. The number of benzene rings is 2. The molecule has 0 bridgehead atoms. The van der Waals surface area contributed by atoms with Crippen LogP contribution in [0.4, 0.5) is 4.79 Å². The minimum absolute atomic E-state index is 0.0593. The number of carbonyl (C=O) groups excluding carboxylic acids is 2. The van der Waals surface area contributed by atoms with Gasteiger partial charge in [0, 0.05) is 12.0 Å². The van der Waals surface area contributed by atoms with Crippen LogP contribution in [0, 0.1) is 0 Å². The van der Waals surface area contributed by atoms with Crippen molar-refractivity contribution in [3.8, 4) is 5.75 Å². The Labute approximate surface area is 227 Å². The Bertz CT molecular complexity index is 1100. The molecule has 1 saturated heterocycles. The summed E-state index contributed by atoms with van der Waals surface area (Å²) in [5.74, 6) is 0.760. The van der Waals surface area contributed by atoms with Crippen LogP contribution in [0.5, 0.6) is 5.75 Å². The van der Waals surface area contributed by atoms with Gasteiger partial charge in [0.2, 0.25) is 0 Å². The molecule has 206 valence electrons. The smallest absolute Gasteiger partial charge is 0.411 e. The summed E-state index contributed by atoms with van der Waals surface area (Å²) in [5.41, 5.74) is 2.06. The summed E-state index contributed by atoms with van der Waals surface area (Å²) in [4.78, 5) is 29.0. The third kappa shape index (κ3) is 6.15. The van der Waals surface area contributed by atoms with Gasteiger partial charge in [0.25, 0.3) is 0 Å². The highest BCUT2D eigenvalue weighted by molar-refractivity contribution is 5.82. The third-order valence-electron chi connectivity index (χ3n) is 7.98. The lowest BCUT2D eigenvalue weighted by Gasteiger charge is -2.45. The van der Waals surface area contributed by atoms with Crippen molar-refractivity contribution < 1.29 is 23.8 Å². The van der Waals surface area contributed by atoms with Gasteiger partial charge in [0.15, 0.2) is 0 Å². The average Bonchev–Trinajstić information content (AvgIpc) is 3.32. The second kappa shape index (κ2) is 11.4. The zero-order valence-electron chi connectivity index (χ0n) is 23.6. The molecule has 1 heterocycles. The molecule has 1 aliphatic carbocycles. The number of esters is 1. The fraction of sp³-hybridized carbons (Fsp3) is 0.548. The molecule has 0 spiro atoms. The standard InChI is InChI=1S/C31H42N2O5/c1-30(2,3)38-29(35)33-21-26(20-27(33)28(34)36-6)37-25-14-10-11-23(19-25)22-15-17-31(18-16-22,32(4)5)24-12-8-7-9-13-24/h7-14,19,22,26-27H,15-18,20-21H2,1-6H3/t22?,26-,27-,31?/m0/s1. The number of hydrogen-bond donors (Lipinski definition) is 0. The van der Waals surface area contributed by atoms with Crippen molar-refractivity contribution in [2.45, 2.75) is 82.1 Å². The minimum atomic E-state index is -0.724. The number of carbonyl (C=O) groups is 2. The quantitative estimate of drug-likeness (QED) is 0.451. The van der Waals surface area contributed by atoms with E-state index in [1.54, 1.807) is 20.8 Å². The van der Waals surface area contributed by atoms with E-state index >= 15 is 0 Å². The van der Waals surface area contributed by atoms with E-state index in [1.807, 2.05) is 12.1 Å². The van der Waals surface area contributed by atoms with E-state index in [2.05, 4.69) is 61.5 Å². The lowest BCUT2D eigenvalue weighted by atomic mass is 9.70. The Kier molecular flexibility index (Phi) is 8.36. The van der Waals surface area contributed by atoms with E-state index in [1.165, 1.54) is 23.1 Å². The molecule has 0 radical (unpaired) electrons. The second-order valence-corrected chi connectivity index (χ2v) is 11.8. The third-order valence-corrected chi connectivity index (χ3v) is 7.98. The summed E-state index contributed by atoms with van der Waals surface area (Å²) in [6.45, 7) is 5.69. The van der Waals surface area contributed by atoms with Crippen LogP contribution < -0.4 is 4.74 Å². The molecule has 2 aliphatic rings. The molecule has 4 rings (SSSR count). The van der Waals surface area contributed by atoms with Crippen LogP contribution in [0.15, 0.2) is 54.6 Å². The highest BCUT2D eigenvalue weighted by Gasteiger charge is 2.43. The fourth-order valence-corrected chi connectivity index (χ4v) is 5.97. The van der Waals surface area contributed by atoms with Crippen LogP contribution in [-0.4, -0.2) is 67.4 Å². The first-order chi connectivity index (χ1) is 18.0. The topological polar surface area (TPSA) is 68.3 Å². The number of nitrogens with zero attached hydrogens (tertiary/aromatic N) is 2. The van der Waals surface area contributed by atoms with Crippen molar-refractivity contribution in [2.75, 3.05) is 27.7 Å². The molecule has 2 fully saturated rings. The van der Waals surface area contributed by atoms with E-state index in [9.17, 15) is 9.59 Å². The molecule has 1 saturated carbocycles. The van der Waals surface area contributed by atoms with Gasteiger partial charge >= 0.3 is 12.1 Å². The van der Waals surface area contributed by atoms with Gasteiger partial charge in [-0.1, -0.05) is 42.5 Å². The van der Waals surface area contributed by atoms with Gasteiger partial charge in [-0.15, -0.1) is 0 Å². The Hall–Kier alpha value is -3.06. The second-order valence-electron chi connectivity index (χ2n) is 11.8. The van der Waals surface area contributed by atoms with E-state index in [0.717, 1.165) is 31.4 Å². The molecule has 0 unspecified atom stereocenters. The molecule has 0 N–H and O–H groups in total. The summed E-state index contributed by atoms with van der Waals surface area (Å²) >= 11 is 0. The molecule has 7 heteroatoms. The lowest BCUT2D eigenvalue weighted by Crippen LogP contribution is -2.44. The van der Waals surface area contributed by atoms with Crippen LogP contribution in [0.3, 0.4) is 0 Å². The van der Waals surface area contributed by atoms with Crippen LogP contribution in [0.1, 0.15) is 69.9 Å². The maximum absolute atomic E-state index is 12.8. The van der Waals surface area contributed by atoms with Crippen LogP contribution in [0.25, 0.3) is 0 Å². The fourth-order valence-electron chi connectivity index (χ4n) is 5.97. The predicted molar refractivity (Wildman–Crippen MR) is 147 cm³/mol. The number of amides is 1. The molecule has 0 aromatic heterocycles. The number of methoxy groups -OCH3 is 1. The minimum Gasteiger partial charge on any atom is -0.488 e. The van der Waals surface area contributed by atoms with E-state index in [0.29, 0.717) is 12.3 Å². The molecule has 2 aromatic carbocycles. The Balaban J connectivity index is 1.44. The van der Waals surface area contributed by atoms with Gasteiger partial charge in [-0.2, -0.15) is 0 Å². The Morgan fingerprint density at radius 3 is 2.29 bits per heavy atom. The molecule has 2 aromatic rings. The van der Waals surface area contributed by atoms with Crippen molar-refractivity contribution in [3.05, 3.63) is 65.7 Å². The van der Waals surface area contributed by atoms with Gasteiger partial charge in [-0.3, -0.25) is 9.80 Å². The first-order valence-corrected chi connectivity index (χ1v) is 13.6. The van der Waals surface area contributed by atoms with E-state index < -0.39 is 23.7 Å².